The number of hydrogen-bond acceptors (Lipinski definition) is 4. The van der Waals surface area contributed by atoms with Gasteiger partial charge in [0.1, 0.15) is 0 Å². The molecule has 2 heterocycles. The lowest BCUT2D eigenvalue weighted by atomic mass is 9.97. The number of sulfone groups is 1. The van der Waals surface area contributed by atoms with Crippen molar-refractivity contribution in [2.45, 2.75) is 32.2 Å². The summed E-state index contributed by atoms with van der Waals surface area (Å²) in [6, 6.07) is 5.52. The predicted octanol–water partition coefficient (Wildman–Crippen LogP) is 1.18. The van der Waals surface area contributed by atoms with E-state index in [4.69, 9.17) is 0 Å². The van der Waals surface area contributed by atoms with E-state index in [9.17, 15) is 18.0 Å². The van der Waals surface area contributed by atoms with Gasteiger partial charge < -0.3 is 10.6 Å². The third kappa shape index (κ3) is 3.55. The van der Waals surface area contributed by atoms with Gasteiger partial charge in [0.05, 0.1) is 23.5 Å². The molecule has 0 unspecified atom stereocenters. The molecule has 3 rings (SSSR count). The summed E-state index contributed by atoms with van der Waals surface area (Å²) in [4.78, 5) is 23.6. The number of nitrogens with one attached hydrogen (secondary N) is 2. The van der Waals surface area contributed by atoms with Gasteiger partial charge in [0.25, 0.3) is 0 Å². The lowest BCUT2D eigenvalue weighted by molar-refractivity contribution is -0.125. The van der Waals surface area contributed by atoms with Crippen molar-refractivity contribution in [2.75, 3.05) is 16.8 Å². The van der Waals surface area contributed by atoms with E-state index in [1.165, 1.54) is 0 Å². The summed E-state index contributed by atoms with van der Waals surface area (Å²) in [6.45, 7) is 1.88. The molecule has 0 bridgehead atoms. The second-order valence-corrected chi connectivity index (χ2v) is 8.52. The number of carbonyl (C=O) groups excluding carboxylic acids is 2. The Kier molecular flexibility index (Phi) is 4.14. The Balaban J connectivity index is 1.68. The zero-order valence-corrected chi connectivity index (χ0v) is 13.8. The summed E-state index contributed by atoms with van der Waals surface area (Å²) in [7, 11) is -3.06. The molecule has 23 heavy (non-hydrogen) atoms. The zero-order chi connectivity index (χ0) is 16.6. The Morgan fingerprint density at radius 2 is 2.13 bits per heavy atom. The molecule has 0 aliphatic carbocycles. The van der Waals surface area contributed by atoms with Crippen molar-refractivity contribution in [1.29, 1.82) is 0 Å². The Morgan fingerprint density at radius 1 is 1.35 bits per heavy atom. The zero-order valence-electron chi connectivity index (χ0n) is 13.0. The van der Waals surface area contributed by atoms with Gasteiger partial charge in [-0.2, -0.15) is 0 Å². The van der Waals surface area contributed by atoms with Crippen molar-refractivity contribution in [3.63, 3.8) is 0 Å². The molecule has 0 spiro atoms. The van der Waals surface area contributed by atoms with Crippen molar-refractivity contribution in [2.24, 2.45) is 5.92 Å². The van der Waals surface area contributed by atoms with E-state index in [0.717, 1.165) is 16.8 Å². The highest BCUT2D eigenvalue weighted by atomic mass is 32.2. The molecule has 2 N–H and O–H groups in total. The number of carbonyl (C=O) groups is 2. The Hall–Kier alpha value is -1.89. The molecule has 1 aromatic carbocycles. The number of aryl methyl sites for hydroxylation is 1. The number of fused-ring (bicyclic) bond motifs is 1. The molecule has 2 aliphatic rings. The van der Waals surface area contributed by atoms with E-state index in [2.05, 4.69) is 10.6 Å². The van der Waals surface area contributed by atoms with E-state index in [0.29, 0.717) is 19.3 Å². The quantitative estimate of drug-likeness (QED) is 0.867. The normalized spacial score (nSPS) is 23.7. The maximum Gasteiger partial charge on any atom is 0.224 e. The first-order valence-electron chi connectivity index (χ1n) is 7.77. The topological polar surface area (TPSA) is 92.3 Å². The van der Waals surface area contributed by atoms with Crippen LogP contribution in [0.4, 0.5) is 5.69 Å². The second kappa shape index (κ2) is 5.96. The fourth-order valence-electron chi connectivity index (χ4n) is 3.09. The first-order valence-corrected chi connectivity index (χ1v) is 9.60. The van der Waals surface area contributed by atoms with Crippen LogP contribution in [-0.2, 0) is 25.8 Å². The third-order valence-electron chi connectivity index (χ3n) is 4.49. The van der Waals surface area contributed by atoms with Crippen molar-refractivity contribution < 1.29 is 18.0 Å². The van der Waals surface area contributed by atoms with Gasteiger partial charge >= 0.3 is 0 Å². The monoisotopic (exact) mass is 336 g/mol. The summed E-state index contributed by atoms with van der Waals surface area (Å²) in [5, 5.41) is 5.73. The third-order valence-corrected chi connectivity index (χ3v) is 6.25. The van der Waals surface area contributed by atoms with E-state index in [1.807, 2.05) is 25.1 Å². The van der Waals surface area contributed by atoms with Crippen LogP contribution < -0.4 is 10.6 Å². The molecule has 1 aromatic rings. The van der Waals surface area contributed by atoms with Crippen LogP contribution in [0.5, 0.6) is 0 Å². The minimum absolute atomic E-state index is 0.0223. The van der Waals surface area contributed by atoms with Crippen LogP contribution in [0.3, 0.4) is 0 Å². The summed E-state index contributed by atoms with van der Waals surface area (Å²) in [5.74, 6) is -0.585. The Labute approximate surface area is 135 Å². The number of amides is 2. The molecule has 124 valence electrons. The maximum absolute atomic E-state index is 12.2. The minimum atomic E-state index is -3.06. The second-order valence-electron chi connectivity index (χ2n) is 6.29. The van der Waals surface area contributed by atoms with Crippen LogP contribution in [0.15, 0.2) is 18.2 Å². The number of benzene rings is 1. The molecule has 2 aliphatic heterocycles. The van der Waals surface area contributed by atoms with E-state index in [1.54, 1.807) is 0 Å². The highest BCUT2D eigenvalue weighted by molar-refractivity contribution is 7.91. The van der Waals surface area contributed by atoms with Gasteiger partial charge in [-0.25, -0.2) is 8.42 Å². The van der Waals surface area contributed by atoms with Gasteiger partial charge in [0.15, 0.2) is 9.84 Å². The molecular weight excluding hydrogens is 316 g/mol. The van der Waals surface area contributed by atoms with Gasteiger partial charge in [-0.1, -0.05) is 12.1 Å². The molecule has 1 fully saturated rings. The summed E-state index contributed by atoms with van der Waals surface area (Å²) in [5.41, 5.74) is 2.84. The molecule has 7 heteroatoms. The van der Waals surface area contributed by atoms with Crippen LogP contribution in [-0.4, -0.2) is 31.7 Å². The fourth-order valence-corrected chi connectivity index (χ4v) is 4.83. The largest absolute Gasteiger partial charge is 0.349 e. The van der Waals surface area contributed by atoms with Crippen molar-refractivity contribution in [1.82, 2.24) is 5.32 Å². The maximum atomic E-state index is 12.2. The van der Waals surface area contributed by atoms with Crippen molar-refractivity contribution in [3.8, 4) is 0 Å². The Morgan fingerprint density at radius 3 is 2.83 bits per heavy atom. The molecule has 0 radical (unpaired) electrons. The summed E-state index contributed by atoms with van der Waals surface area (Å²) in [6.07, 6.45) is 1.56. The Bertz CT molecular complexity index is 757. The molecule has 1 saturated heterocycles. The first-order chi connectivity index (χ1) is 10.8. The lowest BCUT2D eigenvalue weighted by Crippen LogP contribution is -2.33. The number of rotatable bonds is 3. The van der Waals surface area contributed by atoms with Crippen LogP contribution in [0.25, 0.3) is 0 Å². The van der Waals surface area contributed by atoms with Gasteiger partial charge in [-0.15, -0.1) is 0 Å². The van der Waals surface area contributed by atoms with Crippen molar-refractivity contribution >= 4 is 27.3 Å². The van der Waals surface area contributed by atoms with E-state index < -0.39 is 15.8 Å². The summed E-state index contributed by atoms with van der Waals surface area (Å²) >= 11 is 0. The van der Waals surface area contributed by atoms with Crippen LogP contribution in [0.1, 0.15) is 36.9 Å². The molecular formula is C16H20N2O4S. The fraction of sp³-hybridized carbons (Fsp3) is 0.500. The average Bonchev–Trinajstić information content (AvgIpc) is 2.87. The minimum Gasteiger partial charge on any atom is -0.349 e. The number of hydrogen-bond donors (Lipinski definition) is 2. The molecule has 0 aromatic heterocycles. The van der Waals surface area contributed by atoms with Gasteiger partial charge in [-0.05, 0) is 37.0 Å². The smallest absolute Gasteiger partial charge is 0.224 e. The first kappa shape index (κ1) is 16.0. The molecule has 2 amide bonds. The highest BCUT2D eigenvalue weighted by Crippen LogP contribution is 2.26. The highest BCUT2D eigenvalue weighted by Gasteiger charge is 2.33. The average molecular weight is 336 g/mol. The van der Waals surface area contributed by atoms with Crippen molar-refractivity contribution in [3.05, 3.63) is 29.3 Å². The standard InChI is InChI=1S/C16H20N2O4S/c1-10(17-16(20)13-6-7-23(21,22)9-13)11-2-4-14-12(8-11)3-5-15(19)18-14/h2,4,8,10,13H,3,5-7,9H2,1H3,(H,17,20)(H,18,19)/t10-,13+/m0/s1. The SMILES string of the molecule is C[C@H](NC(=O)[C@@H]1CCS(=O)(=O)C1)c1ccc2c(c1)CCC(=O)N2. The lowest BCUT2D eigenvalue weighted by Gasteiger charge is -2.21. The van der Waals surface area contributed by atoms with Gasteiger partial charge in [0.2, 0.25) is 11.8 Å². The van der Waals surface area contributed by atoms with Crippen LogP contribution >= 0.6 is 0 Å². The number of anilines is 1. The predicted molar refractivity (Wildman–Crippen MR) is 86.7 cm³/mol. The van der Waals surface area contributed by atoms with E-state index in [-0.39, 0.29) is 29.4 Å². The molecule has 0 saturated carbocycles. The summed E-state index contributed by atoms with van der Waals surface area (Å²) < 4.78 is 22.9. The van der Waals surface area contributed by atoms with E-state index >= 15 is 0 Å². The molecule has 2 atom stereocenters. The van der Waals surface area contributed by atoms with Gasteiger partial charge in [-0.3, -0.25) is 9.59 Å². The van der Waals surface area contributed by atoms with Crippen LogP contribution in [0, 0.1) is 5.92 Å². The molecule has 6 nitrogen and oxygen atoms in total. The van der Waals surface area contributed by atoms with Gasteiger partial charge in [0, 0.05) is 12.1 Å². The van der Waals surface area contributed by atoms with Crippen LogP contribution in [0.2, 0.25) is 0 Å².